The van der Waals surface area contributed by atoms with Gasteiger partial charge in [0.2, 0.25) is 10.0 Å². The first-order valence-electron chi connectivity index (χ1n) is 10.9. The van der Waals surface area contributed by atoms with Crippen LogP contribution in [0.1, 0.15) is 29.6 Å². The van der Waals surface area contributed by atoms with Crippen LogP contribution in [-0.4, -0.2) is 67.7 Å². The Labute approximate surface area is 191 Å². The fraction of sp³-hybridized carbons (Fsp3) is 0.409. The average Bonchev–Trinajstić information content (AvgIpc) is 2.84. The molecule has 1 amide bonds. The summed E-state index contributed by atoms with van der Waals surface area (Å²) < 4.78 is 40.4. The van der Waals surface area contributed by atoms with E-state index in [1.54, 1.807) is 6.07 Å². The Balaban J connectivity index is 1.53. The molecular weight excluding hydrogens is 451 g/mol. The van der Waals surface area contributed by atoms with Crippen LogP contribution in [0.15, 0.2) is 47.4 Å². The molecule has 2 aromatic carbocycles. The molecule has 0 radical (unpaired) electrons. The quantitative estimate of drug-likeness (QED) is 0.486. The summed E-state index contributed by atoms with van der Waals surface area (Å²) in [5.74, 6) is -0.997. The fourth-order valence-corrected chi connectivity index (χ4v) is 5.75. The maximum Gasteiger partial charge on any atom is 0.270 e. The van der Waals surface area contributed by atoms with Crippen molar-refractivity contribution in [1.82, 2.24) is 9.21 Å². The first kappa shape index (κ1) is 23.1. The molecule has 0 bridgehead atoms. The summed E-state index contributed by atoms with van der Waals surface area (Å²) in [7, 11) is -3.88. The summed E-state index contributed by atoms with van der Waals surface area (Å²) in [6.45, 7) is 1.93. The van der Waals surface area contributed by atoms with Gasteiger partial charge in [-0.1, -0.05) is 6.07 Å². The van der Waals surface area contributed by atoms with E-state index in [9.17, 15) is 27.7 Å². The highest BCUT2D eigenvalue weighted by molar-refractivity contribution is 7.89. The summed E-state index contributed by atoms with van der Waals surface area (Å²) in [4.78, 5) is 27.6. The van der Waals surface area contributed by atoms with E-state index in [1.165, 1.54) is 39.5 Å². The molecule has 2 aliphatic heterocycles. The van der Waals surface area contributed by atoms with Crippen molar-refractivity contribution in [2.75, 3.05) is 44.2 Å². The van der Waals surface area contributed by atoms with Crippen molar-refractivity contribution in [3.05, 3.63) is 64.0 Å². The van der Waals surface area contributed by atoms with Gasteiger partial charge in [0.05, 0.1) is 21.1 Å². The van der Waals surface area contributed by atoms with Gasteiger partial charge in [-0.3, -0.25) is 14.9 Å². The first-order valence-corrected chi connectivity index (χ1v) is 12.3. The largest absolute Gasteiger partial charge is 0.371 e. The molecule has 4 rings (SSSR count). The Hall–Kier alpha value is -3.05. The molecule has 0 aliphatic carbocycles. The summed E-state index contributed by atoms with van der Waals surface area (Å²) in [6, 6.07) is 9.17. The summed E-state index contributed by atoms with van der Waals surface area (Å²) in [5.41, 5.74) is 0.763. The molecule has 176 valence electrons. The molecule has 33 heavy (non-hydrogen) atoms. The average molecular weight is 477 g/mol. The van der Waals surface area contributed by atoms with Crippen molar-refractivity contribution in [3.8, 4) is 0 Å². The van der Waals surface area contributed by atoms with Gasteiger partial charge in [0, 0.05) is 51.4 Å². The molecule has 0 N–H and O–H groups in total. The van der Waals surface area contributed by atoms with E-state index in [0.29, 0.717) is 5.69 Å². The van der Waals surface area contributed by atoms with Crippen LogP contribution < -0.4 is 4.90 Å². The normalized spacial score (nSPS) is 17.7. The summed E-state index contributed by atoms with van der Waals surface area (Å²) >= 11 is 0. The molecule has 0 aromatic heterocycles. The number of amides is 1. The van der Waals surface area contributed by atoms with Gasteiger partial charge in [-0.25, -0.2) is 12.8 Å². The number of nitro groups is 1. The molecule has 2 fully saturated rings. The number of hydrogen-bond donors (Lipinski definition) is 0. The van der Waals surface area contributed by atoms with Gasteiger partial charge in [0.25, 0.3) is 11.6 Å². The molecule has 2 aliphatic rings. The smallest absolute Gasteiger partial charge is 0.270 e. The number of halogens is 1. The van der Waals surface area contributed by atoms with E-state index in [1.807, 2.05) is 0 Å². The van der Waals surface area contributed by atoms with E-state index in [4.69, 9.17) is 0 Å². The second-order valence-corrected chi connectivity index (χ2v) is 10.1. The van der Waals surface area contributed by atoms with Crippen molar-refractivity contribution in [2.45, 2.75) is 24.2 Å². The number of benzene rings is 2. The molecule has 0 saturated carbocycles. The van der Waals surface area contributed by atoms with Gasteiger partial charge in [-0.2, -0.15) is 4.31 Å². The molecule has 2 heterocycles. The van der Waals surface area contributed by atoms with Crippen molar-refractivity contribution in [1.29, 1.82) is 0 Å². The summed E-state index contributed by atoms with van der Waals surface area (Å²) in [6.07, 6.45) is 3.08. The van der Waals surface area contributed by atoms with E-state index < -0.39 is 20.8 Å². The molecule has 0 unspecified atom stereocenters. The van der Waals surface area contributed by atoms with Crippen LogP contribution in [0.2, 0.25) is 0 Å². The number of hydrogen-bond acceptors (Lipinski definition) is 6. The van der Waals surface area contributed by atoms with E-state index in [0.717, 1.165) is 38.4 Å². The number of nitro benzene ring substituents is 1. The Kier molecular flexibility index (Phi) is 6.61. The van der Waals surface area contributed by atoms with Gasteiger partial charge < -0.3 is 9.80 Å². The van der Waals surface area contributed by atoms with Crippen LogP contribution >= 0.6 is 0 Å². The zero-order valence-corrected chi connectivity index (χ0v) is 18.8. The number of nitrogens with zero attached hydrogens (tertiary/aromatic N) is 4. The fourth-order valence-electron chi connectivity index (χ4n) is 4.30. The lowest BCUT2D eigenvalue weighted by atomic mass is 10.0. The Morgan fingerprint density at radius 2 is 1.64 bits per heavy atom. The number of sulfonamides is 1. The van der Waals surface area contributed by atoms with E-state index in [-0.39, 0.29) is 48.2 Å². The third-order valence-electron chi connectivity index (χ3n) is 6.08. The SMILES string of the molecule is O=C(c1cc([N+](=O)[O-])ccc1N1CCCCC1)N1CCN(S(=O)(=O)c2cccc(F)c2)CC1. The topological polar surface area (TPSA) is 104 Å². The molecule has 2 saturated heterocycles. The Morgan fingerprint density at radius 3 is 2.27 bits per heavy atom. The molecule has 0 atom stereocenters. The van der Waals surface area contributed by atoms with Crippen LogP contribution in [-0.2, 0) is 10.0 Å². The second-order valence-electron chi connectivity index (χ2n) is 8.16. The third-order valence-corrected chi connectivity index (χ3v) is 7.97. The van der Waals surface area contributed by atoms with Crippen molar-refractivity contribution in [3.63, 3.8) is 0 Å². The lowest BCUT2D eigenvalue weighted by molar-refractivity contribution is -0.384. The minimum absolute atomic E-state index is 0.0541. The number of carbonyl (C=O) groups excluding carboxylic acids is 1. The van der Waals surface area contributed by atoms with Gasteiger partial charge >= 0.3 is 0 Å². The molecule has 11 heteroatoms. The van der Waals surface area contributed by atoms with Crippen molar-refractivity contribution >= 4 is 27.3 Å². The number of anilines is 1. The van der Waals surface area contributed by atoms with Gasteiger partial charge in [0.15, 0.2) is 0 Å². The third kappa shape index (κ3) is 4.83. The maximum atomic E-state index is 13.5. The molecular formula is C22H25FN4O5S. The van der Waals surface area contributed by atoms with Crippen LogP contribution in [0.3, 0.4) is 0 Å². The number of rotatable bonds is 5. The van der Waals surface area contributed by atoms with Crippen molar-refractivity contribution < 1.29 is 22.5 Å². The number of non-ortho nitro benzene ring substituents is 1. The van der Waals surface area contributed by atoms with Crippen LogP contribution in [0, 0.1) is 15.9 Å². The Bertz CT molecular complexity index is 1160. The number of piperazine rings is 1. The van der Waals surface area contributed by atoms with E-state index in [2.05, 4.69) is 4.90 Å². The highest BCUT2D eigenvalue weighted by Crippen LogP contribution is 2.30. The van der Waals surface area contributed by atoms with Crippen LogP contribution in [0.5, 0.6) is 0 Å². The molecule has 9 nitrogen and oxygen atoms in total. The zero-order chi connectivity index (χ0) is 23.6. The van der Waals surface area contributed by atoms with Gasteiger partial charge in [-0.15, -0.1) is 0 Å². The highest BCUT2D eigenvalue weighted by Gasteiger charge is 2.32. The minimum Gasteiger partial charge on any atom is -0.371 e. The van der Waals surface area contributed by atoms with Crippen LogP contribution in [0.25, 0.3) is 0 Å². The monoisotopic (exact) mass is 476 g/mol. The van der Waals surface area contributed by atoms with E-state index >= 15 is 0 Å². The number of carbonyl (C=O) groups is 1. The first-order chi connectivity index (χ1) is 15.8. The lowest BCUT2D eigenvalue weighted by Gasteiger charge is -2.35. The maximum absolute atomic E-state index is 13.5. The second kappa shape index (κ2) is 9.44. The van der Waals surface area contributed by atoms with Gasteiger partial charge in [0.1, 0.15) is 5.82 Å². The summed E-state index contributed by atoms with van der Waals surface area (Å²) in [5, 5.41) is 11.3. The highest BCUT2D eigenvalue weighted by atomic mass is 32.2. The lowest BCUT2D eigenvalue weighted by Crippen LogP contribution is -2.50. The number of piperidine rings is 1. The van der Waals surface area contributed by atoms with Crippen LogP contribution in [0.4, 0.5) is 15.8 Å². The molecule has 2 aromatic rings. The van der Waals surface area contributed by atoms with Crippen molar-refractivity contribution in [2.24, 2.45) is 0 Å². The van der Waals surface area contributed by atoms with Gasteiger partial charge in [-0.05, 0) is 43.5 Å². The minimum atomic E-state index is -3.88. The molecule has 0 spiro atoms. The predicted molar refractivity (Wildman–Crippen MR) is 120 cm³/mol. The standard InChI is InChI=1S/C22H25FN4O5S/c23-17-5-4-6-19(15-17)33(31,32)26-13-11-25(12-14-26)22(28)20-16-18(27(29)30)7-8-21(20)24-9-2-1-3-10-24/h4-8,15-16H,1-3,9-14H2. The zero-order valence-electron chi connectivity index (χ0n) is 18.0. The Morgan fingerprint density at radius 1 is 0.939 bits per heavy atom. The predicted octanol–water partition coefficient (Wildman–Crippen LogP) is 2.87.